The number of hydrogen-bond acceptors (Lipinski definition) is 10. The van der Waals surface area contributed by atoms with Gasteiger partial charge in [-0.1, -0.05) is 6.07 Å². The lowest BCUT2D eigenvalue weighted by molar-refractivity contribution is -0.385. The molecule has 0 aliphatic carbocycles. The Morgan fingerprint density at radius 3 is 2.30 bits per heavy atom. The minimum absolute atomic E-state index is 0.0646. The Balaban J connectivity index is 1.47. The van der Waals surface area contributed by atoms with Crippen LogP contribution in [0.25, 0.3) is 0 Å². The van der Waals surface area contributed by atoms with Gasteiger partial charge in [-0.25, -0.2) is 10.2 Å². The molecule has 0 spiro atoms. The van der Waals surface area contributed by atoms with Crippen molar-refractivity contribution in [2.45, 2.75) is 13.8 Å². The molecule has 4 aromatic rings. The molecule has 0 saturated heterocycles. The zero-order valence-electron chi connectivity index (χ0n) is 23.1. The lowest BCUT2D eigenvalue weighted by atomic mass is 10.1. The molecule has 43 heavy (non-hydrogen) atoms. The van der Waals surface area contributed by atoms with E-state index in [4.69, 9.17) is 18.6 Å². The largest absolute Gasteiger partial charge is 0.490 e. The van der Waals surface area contributed by atoms with Crippen molar-refractivity contribution in [1.82, 2.24) is 5.43 Å². The molecule has 0 aliphatic heterocycles. The van der Waals surface area contributed by atoms with Gasteiger partial charge in [-0.3, -0.25) is 19.7 Å². The van der Waals surface area contributed by atoms with Gasteiger partial charge in [-0.15, -0.1) is 0 Å². The van der Waals surface area contributed by atoms with E-state index in [0.29, 0.717) is 30.4 Å². The van der Waals surface area contributed by atoms with E-state index in [2.05, 4.69) is 15.8 Å². The van der Waals surface area contributed by atoms with Crippen LogP contribution in [0.2, 0.25) is 0 Å². The number of esters is 1. The molecule has 0 atom stereocenters. The number of amides is 2. The van der Waals surface area contributed by atoms with E-state index in [-0.39, 0.29) is 28.2 Å². The summed E-state index contributed by atoms with van der Waals surface area (Å²) in [6.45, 7) is 4.29. The van der Waals surface area contributed by atoms with Gasteiger partial charge in [0, 0.05) is 22.9 Å². The number of nitro benzene ring substituents is 1. The van der Waals surface area contributed by atoms with Crippen molar-refractivity contribution in [3.63, 3.8) is 0 Å². The first kappa shape index (κ1) is 30.0. The maximum Gasteiger partial charge on any atom is 0.343 e. The van der Waals surface area contributed by atoms with Crippen LogP contribution < -0.4 is 25.0 Å². The number of hydrogen-bond donors (Lipinski definition) is 2. The summed E-state index contributed by atoms with van der Waals surface area (Å²) in [5.41, 5.74) is 2.63. The van der Waals surface area contributed by atoms with Crippen LogP contribution in [0.5, 0.6) is 17.2 Å². The fourth-order valence-corrected chi connectivity index (χ4v) is 3.76. The Kier molecular flexibility index (Phi) is 9.82. The summed E-state index contributed by atoms with van der Waals surface area (Å²) in [5, 5.41) is 18.2. The number of carbonyl (C=O) groups is 3. The normalized spacial score (nSPS) is 10.7. The number of nitrogens with one attached hydrogen (secondary N) is 2. The average molecular weight is 587 g/mol. The second-order valence-electron chi connectivity index (χ2n) is 8.58. The van der Waals surface area contributed by atoms with Crippen molar-refractivity contribution in [2.24, 2.45) is 5.10 Å². The molecule has 2 amide bonds. The lowest BCUT2D eigenvalue weighted by Gasteiger charge is -2.12. The number of benzene rings is 3. The van der Waals surface area contributed by atoms with Crippen molar-refractivity contribution < 1.29 is 37.9 Å². The Hall–Kier alpha value is -5.98. The fraction of sp³-hybridized carbons (Fsp3) is 0.133. The van der Waals surface area contributed by atoms with Crippen LogP contribution in [0.1, 0.15) is 50.7 Å². The monoisotopic (exact) mass is 586 g/mol. The van der Waals surface area contributed by atoms with Crippen LogP contribution in [0.15, 0.2) is 88.6 Å². The van der Waals surface area contributed by atoms with Crippen LogP contribution in [-0.2, 0) is 0 Å². The first-order chi connectivity index (χ1) is 20.8. The zero-order chi connectivity index (χ0) is 30.8. The molecule has 0 bridgehead atoms. The van der Waals surface area contributed by atoms with E-state index in [1.54, 1.807) is 26.0 Å². The molecule has 0 fully saturated rings. The Morgan fingerprint density at radius 2 is 1.63 bits per heavy atom. The number of nitrogens with zero attached hydrogens (tertiary/aromatic N) is 2. The zero-order valence-corrected chi connectivity index (χ0v) is 23.1. The summed E-state index contributed by atoms with van der Waals surface area (Å²) in [6.07, 6.45) is 2.50. The Labute approximate surface area is 245 Å². The van der Waals surface area contributed by atoms with Crippen LogP contribution in [0.3, 0.4) is 0 Å². The minimum Gasteiger partial charge on any atom is -0.490 e. The van der Waals surface area contributed by atoms with Crippen LogP contribution in [0, 0.1) is 10.1 Å². The number of carbonyl (C=O) groups excluding carboxylic acids is 3. The third kappa shape index (κ3) is 7.61. The molecule has 2 N–H and O–H groups in total. The number of rotatable bonds is 12. The molecular formula is C30H26N4O9. The van der Waals surface area contributed by atoms with Crippen molar-refractivity contribution in [1.29, 1.82) is 0 Å². The predicted molar refractivity (Wildman–Crippen MR) is 155 cm³/mol. The van der Waals surface area contributed by atoms with Gasteiger partial charge in [0.25, 0.3) is 11.8 Å². The fourth-order valence-electron chi connectivity index (χ4n) is 3.76. The Bertz CT molecular complexity index is 1650. The smallest absolute Gasteiger partial charge is 0.343 e. The second kappa shape index (κ2) is 14.1. The highest BCUT2D eigenvalue weighted by Crippen LogP contribution is 2.33. The molecule has 3 aromatic carbocycles. The molecule has 220 valence electrons. The van der Waals surface area contributed by atoms with Crippen LogP contribution in [0.4, 0.5) is 11.4 Å². The van der Waals surface area contributed by atoms with Gasteiger partial charge < -0.3 is 23.9 Å². The van der Waals surface area contributed by atoms with Crippen molar-refractivity contribution in [3.05, 3.63) is 112 Å². The summed E-state index contributed by atoms with van der Waals surface area (Å²) in [5.74, 6) is -1.39. The van der Waals surface area contributed by atoms with Gasteiger partial charge in [0.1, 0.15) is 0 Å². The van der Waals surface area contributed by atoms with E-state index in [0.717, 1.165) is 6.21 Å². The van der Waals surface area contributed by atoms with Gasteiger partial charge in [0.2, 0.25) is 5.75 Å². The predicted octanol–water partition coefficient (Wildman–Crippen LogP) is 5.22. The molecule has 0 saturated carbocycles. The molecule has 1 heterocycles. The Morgan fingerprint density at radius 1 is 0.907 bits per heavy atom. The van der Waals surface area contributed by atoms with Crippen molar-refractivity contribution >= 4 is 35.4 Å². The average Bonchev–Trinajstić information content (AvgIpc) is 3.55. The summed E-state index contributed by atoms with van der Waals surface area (Å²) >= 11 is 0. The summed E-state index contributed by atoms with van der Waals surface area (Å²) in [7, 11) is 0. The topological polar surface area (TPSA) is 172 Å². The summed E-state index contributed by atoms with van der Waals surface area (Å²) < 4.78 is 21.5. The van der Waals surface area contributed by atoms with Crippen molar-refractivity contribution in [2.75, 3.05) is 18.5 Å². The van der Waals surface area contributed by atoms with E-state index in [1.807, 2.05) is 0 Å². The molecule has 1 aromatic heterocycles. The quantitative estimate of drug-likeness (QED) is 0.0742. The first-order valence-electron chi connectivity index (χ1n) is 13.0. The van der Waals surface area contributed by atoms with Gasteiger partial charge in [-0.2, -0.15) is 5.10 Å². The van der Waals surface area contributed by atoms with Crippen LogP contribution in [-0.4, -0.2) is 42.1 Å². The van der Waals surface area contributed by atoms with Gasteiger partial charge in [0.05, 0.1) is 36.2 Å². The summed E-state index contributed by atoms with van der Waals surface area (Å²) in [4.78, 5) is 48.7. The third-order valence-corrected chi connectivity index (χ3v) is 5.71. The molecule has 13 heteroatoms. The van der Waals surface area contributed by atoms with E-state index in [1.165, 1.54) is 66.9 Å². The molecule has 13 nitrogen and oxygen atoms in total. The number of nitro groups is 1. The maximum absolute atomic E-state index is 13.0. The number of hydrazone groups is 1. The number of furan rings is 1. The molecule has 0 unspecified atom stereocenters. The molecule has 4 rings (SSSR count). The lowest BCUT2D eigenvalue weighted by Crippen LogP contribution is -2.18. The van der Waals surface area contributed by atoms with E-state index in [9.17, 15) is 24.5 Å². The highest BCUT2D eigenvalue weighted by Gasteiger charge is 2.23. The third-order valence-electron chi connectivity index (χ3n) is 5.71. The number of anilines is 1. The summed E-state index contributed by atoms with van der Waals surface area (Å²) in [6, 6.07) is 17.5. The highest BCUT2D eigenvalue weighted by atomic mass is 16.6. The highest BCUT2D eigenvalue weighted by molar-refractivity contribution is 6.02. The van der Waals surface area contributed by atoms with E-state index < -0.39 is 28.4 Å². The van der Waals surface area contributed by atoms with Gasteiger partial charge in [-0.05, 0) is 74.5 Å². The maximum atomic E-state index is 13.0. The SMILES string of the molecule is CCOc1ccc(C(=O)Oc2c(/C=N/NC(=O)c3ccc(NC(=O)c4ccco4)cc3)cccc2[N+](=O)[O-])cc1OCC. The van der Waals surface area contributed by atoms with Gasteiger partial charge in [0.15, 0.2) is 17.3 Å². The number of para-hydroxylation sites is 1. The van der Waals surface area contributed by atoms with Gasteiger partial charge >= 0.3 is 11.7 Å². The molecular weight excluding hydrogens is 560 g/mol. The molecule has 0 radical (unpaired) electrons. The number of ether oxygens (including phenoxy) is 3. The minimum atomic E-state index is -0.879. The van der Waals surface area contributed by atoms with Crippen molar-refractivity contribution in [3.8, 4) is 17.2 Å². The first-order valence-corrected chi connectivity index (χ1v) is 13.0. The standard InChI is InChI=1S/C30H26N4O9/c1-3-40-24-15-12-20(17-26(24)41-4-2)30(37)43-27-21(7-5-8-23(27)34(38)39)18-31-33-28(35)19-10-13-22(14-11-19)32-29(36)25-9-6-16-42-25/h5-18H,3-4H2,1-2H3,(H,32,36)(H,33,35)/b31-18+. The molecule has 0 aliphatic rings. The van der Waals surface area contributed by atoms with E-state index >= 15 is 0 Å². The second-order valence-corrected chi connectivity index (χ2v) is 8.58. The van der Waals surface area contributed by atoms with Crippen LogP contribution >= 0.6 is 0 Å².